The molecule has 17 heavy (non-hydrogen) atoms. The van der Waals surface area contributed by atoms with E-state index in [-0.39, 0.29) is 6.04 Å². The fraction of sp³-hybridized carbons (Fsp3) is 1.00. The number of nitrogens with one attached hydrogen (secondary N) is 1. The van der Waals surface area contributed by atoms with E-state index in [1.54, 1.807) is 0 Å². The van der Waals surface area contributed by atoms with Gasteiger partial charge in [0.15, 0.2) is 9.84 Å². The zero-order valence-corrected chi connectivity index (χ0v) is 11.5. The molecule has 2 rings (SSSR count). The molecule has 2 fully saturated rings. The molecule has 0 radical (unpaired) electrons. The van der Waals surface area contributed by atoms with Crippen LogP contribution in [0.15, 0.2) is 0 Å². The van der Waals surface area contributed by atoms with Gasteiger partial charge in [0.1, 0.15) is 0 Å². The highest BCUT2D eigenvalue weighted by Gasteiger charge is 2.32. The molecule has 2 saturated heterocycles. The monoisotopic (exact) mass is 260 g/mol. The largest absolute Gasteiger partial charge is 0.316 e. The molecule has 0 bridgehead atoms. The van der Waals surface area contributed by atoms with Gasteiger partial charge in [0, 0.05) is 12.6 Å². The number of hydrogen-bond acceptors (Lipinski definition) is 4. The molecule has 0 aromatic rings. The van der Waals surface area contributed by atoms with Crippen LogP contribution in [0.2, 0.25) is 0 Å². The summed E-state index contributed by atoms with van der Waals surface area (Å²) in [5, 5.41) is 3.43. The van der Waals surface area contributed by atoms with Crippen LogP contribution in [0.4, 0.5) is 0 Å². The van der Waals surface area contributed by atoms with Crippen LogP contribution in [-0.4, -0.2) is 57.0 Å². The third-order valence-electron chi connectivity index (χ3n) is 4.02. The molecule has 2 atom stereocenters. The Morgan fingerprint density at radius 3 is 2.71 bits per heavy atom. The van der Waals surface area contributed by atoms with Crippen LogP contribution in [0.25, 0.3) is 0 Å². The topological polar surface area (TPSA) is 49.4 Å². The molecular formula is C12H24N2O2S. The first kappa shape index (κ1) is 13.3. The molecule has 0 unspecified atom stereocenters. The molecule has 2 aliphatic heterocycles. The lowest BCUT2D eigenvalue weighted by Gasteiger charge is -2.32. The van der Waals surface area contributed by atoms with Crippen molar-refractivity contribution in [2.75, 3.05) is 37.7 Å². The average molecular weight is 260 g/mol. The standard InChI is InChI=1S/C12H24N2O2S/c1-2-14(9-11-4-3-6-13-8-11)12-5-7-17(15,16)10-12/h11-13H,2-10H2,1H3/t11-,12-/m0/s1. The first-order chi connectivity index (χ1) is 8.11. The summed E-state index contributed by atoms with van der Waals surface area (Å²) in [6.07, 6.45) is 3.37. The molecule has 0 spiro atoms. The Kier molecular flexibility index (Phi) is 4.44. The molecule has 0 aromatic heterocycles. The van der Waals surface area contributed by atoms with Gasteiger partial charge in [-0.1, -0.05) is 6.92 Å². The molecular weight excluding hydrogens is 236 g/mol. The normalized spacial score (nSPS) is 33.1. The quantitative estimate of drug-likeness (QED) is 0.799. The summed E-state index contributed by atoms with van der Waals surface area (Å²) < 4.78 is 23.0. The van der Waals surface area contributed by atoms with Gasteiger partial charge in [-0.3, -0.25) is 4.90 Å². The zero-order valence-electron chi connectivity index (χ0n) is 10.7. The molecule has 0 aromatic carbocycles. The molecule has 0 aliphatic carbocycles. The second kappa shape index (κ2) is 5.67. The summed E-state index contributed by atoms with van der Waals surface area (Å²) >= 11 is 0. The van der Waals surface area contributed by atoms with Crippen molar-refractivity contribution in [1.29, 1.82) is 0 Å². The van der Waals surface area contributed by atoms with Crippen molar-refractivity contribution in [2.45, 2.75) is 32.2 Å². The fourth-order valence-electron chi connectivity index (χ4n) is 3.01. The lowest BCUT2D eigenvalue weighted by atomic mass is 9.98. The van der Waals surface area contributed by atoms with Gasteiger partial charge in [0.25, 0.3) is 0 Å². The molecule has 2 heterocycles. The minimum Gasteiger partial charge on any atom is -0.316 e. The van der Waals surface area contributed by atoms with Crippen LogP contribution >= 0.6 is 0 Å². The predicted octanol–water partition coefficient (Wildman–Crippen LogP) is 0.495. The molecule has 2 aliphatic rings. The SMILES string of the molecule is CCN(C[C@H]1CCCNC1)[C@H]1CCS(=O)(=O)C1. The number of sulfone groups is 1. The van der Waals surface area contributed by atoms with E-state index in [1.807, 2.05) is 0 Å². The summed E-state index contributed by atoms with van der Waals surface area (Å²) in [4.78, 5) is 2.38. The van der Waals surface area contributed by atoms with Crippen molar-refractivity contribution < 1.29 is 8.42 Å². The summed E-state index contributed by atoms with van der Waals surface area (Å²) in [7, 11) is -2.75. The fourth-order valence-corrected chi connectivity index (χ4v) is 4.77. The summed E-state index contributed by atoms with van der Waals surface area (Å²) in [6.45, 7) is 6.40. The minimum absolute atomic E-state index is 0.270. The third-order valence-corrected chi connectivity index (χ3v) is 5.77. The first-order valence-electron chi connectivity index (χ1n) is 6.76. The molecule has 0 saturated carbocycles. The van der Waals surface area contributed by atoms with E-state index in [1.165, 1.54) is 12.8 Å². The Hall–Kier alpha value is -0.130. The Bertz CT molecular complexity index is 336. The van der Waals surface area contributed by atoms with Crippen LogP contribution in [0.5, 0.6) is 0 Å². The highest BCUT2D eigenvalue weighted by atomic mass is 32.2. The zero-order chi connectivity index (χ0) is 12.3. The highest BCUT2D eigenvalue weighted by Crippen LogP contribution is 2.20. The van der Waals surface area contributed by atoms with E-state index < -0.39 is 9.84 Å². The number of piperidine rings is 1. The maximum Gasteiger partial charge on any atom is 0.151 e. The smallest absolute Gasteiger partial charge is 0.151 e. The van der Waals surface area contributed by atoms with Gasteiger partial charge in [-0.15, -0.1) is 0 Å². The molecule has 100 valence electrons. The Labute approximate surface area is 105 Å². The Balaban J connectivity index is 1.88. The van der Waals surface area contributed by atoms with Gasteiger partial charge in [-0.25, -0.2) is 8.42 Å². The van der Waals surface area contributed by atoms with Gasteiger partial charge < -0.3 is 5.32 Å². The van der Waals surface area contributed by atoms with Crippen molar-refractivity contribution in [3.63, 3.8) is 0 Å². The van der Waals surface area contributed by atoms with E-state index in [0.29, 0.717) is 17.4 Å². The second-order valence-electron chi connectivity index (χ2n) is 5.36. The van der Waals surface area contributed by atoms with E-state index in [4.69, 9.17) is 0 Å². The molecule has 0 amide bonds. The van der Waals surface area contributed by atoms with Crippen molar-refractivity contribution >= 4 is 9.84 Å². The second-order valence-corrected chi connectivity index (χ2v) is 7.59. The lowest BCUT2D eigenvalue weighted by Crippen LogP contribution is -2.43. The summed E-state index contributed by atoms with van der Waals surface area (Å²) in [6, 6.07) is 0.270. The van der Waals surface area contributed by atoms with E-state index in [9.17, 15) is 8.42 Å². The minimum atomic E-state index is -2.75. The van der Waals surface area contributed by atoms with Gasteiger partial charge >= 0.3 is 0 Å². The van der Waals surface area contributed by atoms with Gasteiger partial charge in [0.2, 0.25) is 0 Å². The average Bonchev–Trinajstić information content (AvgIpc) is 2.68. The van der Waals surface area contributed by atoms with E-state index >= 15 is 0 Å². The number of rotatable bonds is 4. The Morgan fingerprint density at radius 1 is 1.35 bits per heavy atom. The third kappa shape index (κ3) is 3.66. The van der Waals surface area contributed by atoms with Gasteiger partial charge in [-0.2, -0.15) is 0 Å². The maximum absolute atomic E-state index is 11.5. The lowest BCUT2D eigenvalue weighted by molar-refractivity contribution is 0.173. The van der Waals surface area contributed by atoms with Crippen LogP contribution in [0.3, 0.4) is 0 Å². The van der Waals surface area contributed by atoms with Crippen LogP contribution < -0.4 is 5.32 Å². The van der Waals surface area contributed by atoms with Crippen molar-refractivity contribution in [2.24, 2.45) is 5.92 Å². The number of hydrogen-bond donors (Lipinski definition) is 1. The molecule has 4 nitrogen and oxygen atoms in total. The van der Waals surface area contributed by atoms with Crippen LogP contribution in [0.1, 0.15) is 26.2 Å². The molecule has 1 N–H and O–H groups in total. The van der Waals surface area contributed by atoms with E-state index in [0.717, 1.165) is 32.6 Å². The van der Waals surface area contributed by atoms with Crippen molar-refractivity contribution in [3.8, 4) is 0 Å². The van der Waals surface area contributed by atoms with Crippen LogP contribution in [0, 0.1) is 5.92 Å². The first-order valence-corrected chi connectivity index (χ1v) is 8.58. The summed E-state index contributed by atoms with van der Waals surface area (Å²) in [5.74, 6) is 1.46. The van der Waals surface area contributed by atoms with Crippen LogP contribution in [-0.2, 0) is 9.84 Å². The highest BCUT2D eigenvalue weighted by molar-refractivity contribution is 7.91. The number of nitrogens with zero attached hydrogens (tertiary/aromatic N) is 1. The molecule has 5 heteroatoms. The summed E-state index contributed by atoms with van der Waals surface area (Å²) in [5.41, 5.74) is 0. The van der Waals surface area contributed by atoms with Gasteiger partial charge in [-0.05, 0) is 44.8 Å². The van der Waals surface area contributed by atoms with Crippen molar-refractivity contribution in [3.05, 3.63) is 0 Å². The van der Waals surface area contributed by atoms with Gasteiger partial charge in [0.05, 0.1) is 11.5 Å². The maximum atomic E-state index is 11.5. The van der Waals surface area contributed by atoms with Crippen molar-refractivity contribution in [1.82, 2.24) is 10.2 Å². The predicted molar refractivity (Wildman–Crippen MR) is 69.9 cm³/mol. The Morgan fingerprint density at radius 2 is 2.18 bits per heavy atom. The van der Waals surface area contributed by atoms with E-state index in [2.05, 4.69) is 17.1 Å².